The van der Waals surface area contributed by atoms with E-state index in [9.17, 15) is 18.0 Å². The van der Waals surface area contributed by atoms with Crippen LogP contribution in [0.2, 0.25) is 0 Å². The van der Waals surface area contributed by atoms with Crippen LogP contribution in [0.5, 0.6) is 0 Å². The number of carbonyl (C=O) groups is 1. The molecule has 0 aromatic heterocycles. The molecule has 4 aliphatic rings. The molecule has 1 aliphatic carbocycles. The van der Waals surface area contributed by atoms with Crippen LogP contribution in [-0.2, 0) is 22.3 Å². The molecule has 0 bridgehead atoms. The normalized spacial score (nSPS) is 27.8. The van der Waals surface area contributed by atoms with E-state index in [4.69, 9.17) is 4.74 Å². The summed E-state index contributed by atoms with van der Waals surface area (Å²) < 4.78 is 45.8. The number of anilines is 2. The summed E-state index contributed by atoms with van der Waals surface area (Å²) in [7, 11) is 0. The Kier molecular flexibility index (Phi) is 5.76. The van der Waals surface area contributed by atoms with E-state index >= 15 is 0 Å². The lowest BCUT2D eigenvalue weighted by molar-refractivity contribution is -0.145. The molecule has 3 aliphatic heterocycles. The molecule has 6 nitrogen and oxygen atoms in total. The highest BCUT2D eigenvalue weighted by molar-refractivity contribution is 5.87. The maximum absolute atomic E-state index is 14.0. The fraction of sp³-hybridized carbons (Fsp3) is 0.708. The molecule has 2 fully saturated rings. The zero-order chi connectivity index (χ0) is 23.4. The van der Waals surface area contributed by atoms with Gasteiger partial charge in [-0.05, 0) is 55.7 Å². The molecule has 2 N–H and O–H groups in total. The van der Waals surface area contributed by atoms with Crippen LogP contribution in [0.1, 0.15) is 57.1 Å². The molecule has 0 radical (unpaired) electrons. The first kappa shape index (κ1) is 22.8. The smallest absolute Gasteiger partial charge is 0.381 e. The molecule has 1 aromatic rings. The molecule has 1 amide bonds. The van der Waals surface area contributed by atoms with Gasteiger partial charge in [-0.3, -0.25) is 4.79 Å². The van der Waals surface area contributed by atoms with Crippen molar-refractivity contribution >= 4 is 17.3 Å². The number of benzene rings is 1. The van der Waals surface area contributed by atoms with E-state index in [-0.39, 0.29) is 24.4 Å². The Morgan fingerprint density at radius 1 is 1.21 bits per heavy atom. The standard InChI is InChI=1S/C24H33F3N4O2/c1-15(2)23(6-3-19(11-23)29-18-4-7-33-8-5-18)22(32)30-12-16-9-17(24(25,26)27)10-20-21(16)31(14-30)13-28-20/h9-10,15,18-19,28-29H,3-8,11-14H2,1-2H3/t19-,23+/m1/s1. The van der Waals surface area contributed by atoms with Gasteiger partial charge in [-0.1, -0.05) is 13.8 Å². The van der Waals surface area contributed by atoms with Gasteiger partial charge >= 0.3 is 6.18 Å². The Balaban J connectivity index is 1.36. The van der Waals surface area contributed by atoms with E-state index in [2.05, 4.69) is 24.5 Å². The molecule has 0 spiro atoms. The van der Waals surface area contributed by atoms with Gasteiger partial charge in [0.1, 0.15) is 0 Å². The molecule has 9 heteroatoms. The lowest BCUT2D eigenvalue weighted by Gasteiger charge is -2.42. The third-order valence-corrected chi connectivity index (χ3v) is 8.06. The van der Waals surface area contributed by atoms with Gasteiger partial charge in [-0.15, -0.1) is 0 Å². The second-order valence-electron chi connectivity index (χ2n) is 10.4. The van der Waals surface area contributed by atoms with Crippen LogP contribution in [-0.4, -0.2) is 49.4 Å². The second kappa shape index (κ2) is 8.34. The minimum atomic E-state index is -4.42. The SMILES string of the molecule is CC(C)[C@]1(C(=O)N2Cc3cc(C(F)(F)F)cc4c3N(CN4)C2)CC[C@@H](NC2CCOCC2)C1. The van der Waals surface area contributed by atoms with Crippen LogP contribution in [0.25, 0.3) is 0 Å². The average molecular weight is 467 g/mol. The molecule has 1 aromatic carbocycles. The van der Waals surface area contributed by atoms with Crippen molar-refractivity contribution in [3.05, 3.63) is 23.3 Å². The van der Waals surface area contributed by atoms with E-state index in [0.29, 0.717) is 30.6 Å². The third-order valence-electron chi connectivity index (χ3n) is 8.06. The summed E-state index contributed by atoms with van der Waals surface area (Å²) in [6, 6.07) is 3.10. The van der Waals surface area contributed by atoms with E-state index in [1.54, 1.807) is 4.90 Å². The summed E-state index contributed by atoms with van der Waals surface area (Å²) >= 11 is 0. The molecule has 182 valence electrons. The molecule has 5 rings (SSSR count). The van der Waals surface area contributed by atoms with Crippen LogP contribution < -0.4 is 15.5 Å². The van der Waals surface area contributed by atoms with Crippen molar-refractivity contribution in [3.63, 3.8) is 0 Å². The molecule has 1 saturated carbocycles. The number of hydrogen-bond acceptors (Lipinski definition) is 5. The molecule has 33 heavy (non-hydrogen) atoms. The zero-order valence-corrected chi connectivity index (χ0v) is 19.3. The monoisotopic (exact) mass is 466 g/mol. The molecule has 2 atom stereocenters. The zero-order valence-electron chi connectivity index (χ0n) is 19.3. The predicted octanol–water partition coefficient (Wildman–Crippen LogP) is 4.16. The van der Waals surface area contributed by atoms with Crippen LogP contribution in [0.4, 0.5) is 24.5 Å². The quantitative estimate of drug-likeness (QED) is 0.698. The molecule has 3 heterocycles. The fourth-order valence-corrected chi connectivity index (χ4v) is 6.16. The van der Waals surface area contributed by atoms with E-state index in [1.807, 2.05) is 4.90 Å². The Morgan fingerprint density at radius 2 is 1.97 bits per heavy atom. The summed E-state index contributed by atoms with van der Waals surface area (Å²) in [6.45, 7) is 6.79. The lowest BCUT2D eigenvalue weighted by atomic mass is 9.74. The number of hydrogen-bond donors (Lipinski definition) is 2. The van der Waals surface area contributed by atoms with E-state index < -0.39 is 17.2 Å². The van der Waals surface area contributed by atoms with Gasteiger partial charge < -0.3 is 25.2 Å². The van der Waals surface area contributed by atoms with E-state index in [1.165, 1.54) is 12.1 Å². The van der Waals surface area contributed by atoms with Crippen molar-refractivity contribution in [3.8, 4) is 0 Å². The topological polar surface area (TPSA) is 56.8 Å². The molecule has 0 unspecified atom stereocenters. The van der Waals surface area contributed by atoms with Crippen LogP contribution in [0.3, 0.4) is 0 Å². The van der Waals surface area contributed by atoms with Crippen molar-refractivity contribution in [2.24, 2.45) is 11.3 Å². The lowest BCUT2D eigenvalue weighted by Crippen LogP contribution is -2.52. The van der Waals surface area contributed by atoms with Gasteiger partial charge in [0, 0.05) is 31.8 Å². The van der Waals surface area contributed by atoms with Crippen LogP contribution >= 0.6 is 0 Å². The van der Waals surface area contributed by atoms with Crippen molar-refractivity contribution in [1.29, 1.82) is 0 Å². The highest BCUT2D eigenvalue weighted by Gasteiger charge is 2.50. The van der Waals surface area contributed by atoms with Crippen LogP contribution in [0, 0.1) is 11.3 Å². The second-order valence-corrected chi connectivity index (χ2v) is 10.4. The largest absolute Gasteiger partial charge is 0.416 e. The Morgan fingerprint density at radius 3 is 2.67 bits per heavy atom. The van der Waals surface area contributed by atoms with Gasteiger partial charge in [-0.25, -0.2) is 0 Å². The number of rotatable bonds is 4. The number of halogens is 3. The predicted molar refractivity (Wildman–Crippen MR) is 120 cm³/mol. The number of alkyl halides is 3. The molecular weight excluding hydrogens is 433 g/mol. The van der Waals surface area contributed by atoms with Gasteiger partial charge in [0.05, 0.1) is 35.7 Å². The number of carbonyl (C=O) groups excluding carboxylic acids is 1. The molecule has 1 saturated heterocycles. The Bertz CT molecular complexity index is 916. The van der Waals surface area contributed by atoms with E-state index in [0.717, 1.165) is 51.0 Å². The Labute approximate surface area is 192 Å². The van der Waals surface area contributed by atoms with Crippen molar-refractivity contribution in [1.82, 2.24) is 10.2 Å². The van der Waals surface area contributed by atoms with Crippen molar-refractivity contribution in [2.45, 2.75) is 70.8 Å². The highest BCUT2D eigenvalue weighted by atomic mass is 19.4. The average Bonchev–Trinajstić information content (AvgIpc) is 3.39. The molecular formula is C24H33F3N4O2. The number of ether oxygens (including phenoxy) is 1. The minimum absolute atomic E-state index is 0.0743. The van der Waals surface area contributed by atoms with Gasteiger partial charge in [0.25, 0.3) is 0 Å². The first-order chi connectivity index (χ1) is 15.7. The summed E-state index contributed by atoms with van der Waals surface area (Å²) in [5.41, 5.74) is 0.722. The highest BCUT2D eigenvalue weighted by Crippen LogP contribution is 2.48. The summed E-state index contributed by atoms with van der Waals surface area (Å²) in [5.74, 6) is 0.229. The van der Waals surface area contributed by atoms with Gasteiger partial charge in [-0.2, -0.15) is 13.2 Å². The number of amides is 1. The maximum Gasteiger partial charge on any atom is 0.416 e. The van der Waals surface area contributed by atoms with Crippen molar-refractivity contribution < 1.29 is 22.7 Å². The van der Waals surface area contributed by atoms with Gasteiger partial charge in [0.15, 0.2) is 0 Å². The minimum Gasteiger partial charge on any atom is -0.381 e. The first-order valence-corrected chi connectivity index (χ1v) is 12.0. The summed E-state index contributed by atoms with van der Waals surface area (Å²) in [4.78, 5) is 17.7. The van der Waals surface area contributed by atoms with Crippen LogP contribution in [0.15, 0.2) is 12.1 Å². The summed E-state index contributed by atoms with van der Waals surface area (Å²) in [5, 5.41) is 6.83. The third kappa shape index (κ3) is 4.07. The number of nitrogens with one attached hydrogen (secondary N) is 2. The number of nitrogens with zero attached hydrogens (tertiary/aromatic N) is 2. The Hall–Kier alpha value is -2.00. The maximum atomic E-state index is 14.0. The fourth-order valence-electron chi connectivity index (χ4n) is 6.16. The summed E-state index contributed by atoms with van der Waals surface area (Å²) in [6.07, 6.45) is 0.0950. The van der Waals surface area contributed by atoms with Crippen molar-refractivity contribution in [2.75, 3.05) is 36.8 Å². The first-order valence-electron chi connectivity index (χ1n) is 12.0. The van der Waals surface area contributed by atoms with Gasteiger partial charge in [0.2, 0.25) is 5.91 Å².